The second-order valence-corrected chi connectivity index (χ2v) is 4.14. The average Bonchev–Trinajstić information content (AvgIpc) is 2.74. The number of carbonyl (C=O) groups excluding carboxylic acids is 1. The third-order valence-corrected chi connectivity index (χ3v) is 2.74. The first-order chi connectivity index (χ1) is 7.56. The van der Waals surface area contributed by atoms with Gasteiger partial charge in [0.25, 0.3) is 0 Å². The maximum Gasteiger partial charge on any atom is 1.00 e. The Morgan fingerprint density at radius 2 is 2.41 bits per heavy atom. The number of hydrogen-bond donors (Lipinski definition) is 1. The molecule has 0 aromatic carbocycles. The number of carboxylic acid groups (broad SMARTS) is 1. The van der Waals surface area contributed by atoms with E-state index in [1.165, 1.54) is 4.68 Å². The summed E-state index contributed by atoms with van der Waals surface area (Å²) < 4.78 is 1.47. The molecule has 0 spiro atoms. The second kappa shape index (κ2) is 5.69. The van der Waals surface area contributed by atoms with Crippen LogP contribution in [-0.2, 0) is 13.6 Å². The molecule has 1 N–H and O–H groups in total. The monoisotopic (exact) mass is 231 g/mol. The first-order valence-electron chi connectivity index (χ1n) is 5.20. The van der Waals surface area contributed by atoms with Gasteiger partial charge in [-0.05, 0) is 6.42 Å². The van der Waals surface area contributed by atoms with E-state index in [1.807, 2.05) is 4.90 Å². The molecule has 1 atom stereocenters. The number of aryl methyl sites for hydroxylation is 1. The third-order valence-electron chi connectivity index (χ3n) is 2.74. The number of likely N-dealkylation sites (tertiary alicyclic amines) is 1. The largest absolute Gasteiger partial charge is 1.00 e. The van der Waals surface area contributed by atoms with Gasteiger partial charge in [0.2, 0.25) is 0 Å². The van der Waals surface area contributed by atoms with Gasteiger partial charge >= 0.3 is 18.9 Å². The zero-order chi connectivity index (χ0) is 11.7. The van der Waals surface area contributed by atoms with Crippen LogP contribution in [0.25, 0.3) is 0 Å². The van der Waals surface area contributed by atoms with E-state index < -0.39 is 5.97 Å². The van der Waals surface area contributed by atoms with Crippen molar-refractivity contribution in [2.24, 2.45) is 7.05 Å². The number of carbonyl (C=O) groups is 1. The summed E-state index contributed by atoms with van der Waals surface area (Å²) in [4.78, 5) is 12.8. The summed E-state index contributed by atoms with van der Waals surface area (Å²) in [7, 11) is 1.68. The Morgan fingerprint density at radius 1 is 1.71 bits per heavy atom. The molecule has 0 aliphatic carbocycles. The van der Waals surface area contributed by atoms with Gasteiger partial charge in [-0.15, -0.1) is 0 Å². The first kappa shape index (κ1) is 14.3. The molecule has 0 radical (unpaired) electrons. The standard InChI is InChI=1S/C10H15N3O3.Li/c1-12-4-7(9(11-12)10(15)16)5-13-3-2-8(14)6-13;/h4,8,14H,2-3,5-6H2,1H3,(H,15,16);/q;+1/p-1. The summed E-state index contributed by atoms with van der Waals surface area (Å²) in [5.74, 6) is -1.25. The molecule has 1 aliphatic rings. The Hall–Kier alpha value is -0.803. The van der Waals surface area contributed by atoms with Gasteiger partial charge in [0, 0.05) is 38.4 Å². The molecule has 1 aliphatic heterocycles. The van der Waals surface area contributed by atoms with Crippen LogP contribution in [0.3, 0.4) is 0 Å². The molecule has 6 nitrogen and oxygen atoms in total. The summed E-state index contributed by atoms with van der Waals surface area (Å²) in [5.41, 5.74) is 0.625. The Bertz CT molecular complexity index is 408. The molecule has 1 aromatic rings. The minimum absolute atomic E-state index is 0. The van der Waals surface area contributed by atoms with E-state index in [1.54, 1.807) is 13.2 Å². The molecule has 1 unspecified atom stereocenters. The van der Waals surface area contributed by atoms with Gasteiger partial charge in [0.1, 0.15) is 5.69 Å². The molecular weight excluding hydrogens is 217 g/mol. The number of rotatable bonds is 3. The number of carboxylic acids is 1. The van der Waals surface area contributed by atoms with Crippen molar-refractivity contribution in [3.8, 4) is 0 Å². The summed E-state index contributed by atoms with van der Waals surface area (Å²) in [5, 5.41) is 24.0. The maximum absolute atomic E-state index is 10.8. The molecule has 1 aromatic heterocycles. The van der Waals surface area contributed by atoms with Crippen LogP contribution in [0.2, 0.25) is 0 Å². The van der Waals surface area contributed by atoms with Crippen LogP contribution in [0.5, 0.6) is 0 Å². The van der Waals surface area contributed by atoms with Crippen molar-refractivity contribution in [3.05, 3.63) is 17.5 Å². The molecule has 17 heavy (non-hydrogen) atoms. The number of aromatic carboxylic acids is 1. The minimum atomic E-state index is -1.25. The van der Waals surface area contributed by atoms with Crippen LogP contribution in [0.4, 0.5) is 0 Å². The Balaban J connectivity index is 0.00000144. The first-order valence-corrected chi connectivity index (χ1v) is 5.20. The number of aliphatic hydroxyl groups is 1. The van der Waals surface area contributed by atoms with Crippen LogP contribution < -0.4 is 24.0 Å². The molecular formula is C10H14LiN3O3. The van der Waals surface area contributed by atoms with E-state index in [4.69, 9.17) is 0 Å². The van der Waals surface area contributed by atoms with Gasteiger partial charge in [0.05, 0.1) is 12.1 Å². The Kier molecular flexibility index (Phi) is 4.77. The minimum Gasteiger partial charge on any atom is -0.543 e. The van der Waals surface area contributed by atoms with Gasteiger partial charge in [-0.2, -0.15) is 5.10 Å². The van der Waals surface area contributed by atoms with Crippen LogP contribution >= 0.6 is 0 Å². The summed E-state index contributed by atoms with van der Waals surface area (Å²) in [6.45, 7) is 1.86. The molecule has 88 valence electrons. The SMILES string of the molecule is Cn1cc(CN2CCC(O)C2)c(C(=O)[O-])n1.[Li+]. The average molecular weight is 231 g/mol. The maximum atomic E-state index is 10.8. The normalized spacial score (nSPS) is 20.2. The van der Waals surface area contributed by atoms with E-state index in [0.29, 0.717) is 18.7 Å². The molecule has 0 bridgehead atoms. The van der Waals surface area contributed by atoms with Gasteiger partial charge < -0.3 is 15.0 Å². The van der Waals surface area contributed by atoms with Crippen LogP contribution in [-0.4, -0.2) is 44.9 Å². The van der Waals surface area contributed by atoms with Gasteiger partial charge in [-0.3, -0.25) is 9.58 Å². The topological polar surface area (TPSA) is 81.4 Å². The van der Waals surface area contributed by atoms with E-state index >= 15 is 0 Å². The summed E-state index contributed by atoms with van der Waals surface area (Å²) in [6, 6.07) is 0. The fourth-order valence-corrected chi connectivity index (χ4v) is 2.02. The summed E-state index contributed by atoms with van der Waals surface area (Å²) in [6.07, 6.45) is 2.11. The summed E-state index contributed by atoms with van der Waals surface area (Å²) >= 11 is 0. The quantitative estimate of drug-likeness (QED) is 0.529. The van der Waals surface area contributed by atoms with E-state index in [2.05, 4.69) is 5.10 Å². The van der Waals surface area contributed by atoms with Crippen molar-refractivity contribution in [1.29, 1.82) is 0 Å². The van der Waals surface area contributed by atoms with Crippen molar-refractivity contribution >= 4 is 5.97 Å². The zero-order valence-corrected chi connectivity index (χ0v) is 10.1. The molecule has 2 rings (SSSR count). The fraction of sp³-hybridized carbons (Fsp3) is 0.600. The molecule has 7 heteroatoms. The fourth-order valence-electron chi connectivity index (χ4n) is 2.02. The van der Waals surface area contributed by atoms with E-state index in [-0.39, 0.29) is 30.7 Å². The number of β-amino-alcohol motifs (C(OH)–C–C–N with tert-alkyl or cyclic N) is 1. The van der Waals surface area contributed by atoms with Crippen molar-refractivity contribution in [1.82, 2.24) is 14.7 Å². The van der Waals surface area contributed by atoms with Crippen molar-refractivity contribution in [2.45, 2.75) is 19.1 Å². The van der Waals surface area contributed by atoms with Crippen molar-refractivity contribution in [2.75, 3.05) is 13.1 Å². The smallest absolute Gasteiger partial charge is 0.543 e. The van der Waals surface area contributed by atoms with Crippen LogP contribution in [0.15, 0.2) is 6.20 Å². The molecule has 2 heterocycles. The second-order valence-electron chi connectivity index (χ2n) is 4.14. The molecule has 0 amide bonds. The van der Waals surface area contributed by atoms with Crippen LogP contribution in [0, 0.1) is 0 Å². The third kappa shape index (κ3) is 3.33. The number of nitrogens with zero attached hydrogens (tertiary/aromatic N) is 3. The zero-order valence-electron chi connectivity index (χ0n) is 10.1. The van der Waals surface area contributed by atoms with Gasteiger partial charge in [-0.25, -0.2) is 0 Å². The van der Waals surface area contributed by atoms with E-state index in [9.17, 15) is 15.0 Å². The van der Waals surface area contributed by atoms with Gasteiger partial charge in [-0.1, -0.05) is 0 Å². The predicted molar refractivity (Wildman–Crippen MR) is 53.4 cm³/mol. The molecule has 1 saturated heterocycles. The predicted octanol–water partition coefficient (Wildman–Crippen LogP) is -4.65. The Morgan fingerprint density at radius 3 is 2.94 bits per heavy atom. The number of aromatic nitrogens is 2. The molecule has 1 fully saturated rings. The van der Waals surface area contributed by atoms with Crippen molar-refractivity contribution < 1.29 is 33.9 Å². The Labute approximate surface area is 111 Å². The van der Waals surface area contributed by atoms with E-state index in [0.717, 1.165) is 13.0 Å². The number of aliphatic hydroxyl groups excluding tert-OH is 1. The molecule has 0 saturated carbocycles. The number of hydrogen-bond acceptors (Lipinski definition) is 5. The van der Waals surface area contributed by atoms with Crippen LogP contribution in [0.1, 0.15) is 22.5 Å². The van der Waals surface area contributed by atoms with Crippen molar-refractivity contribution in [3.63, 3.8) is 0 Å². The van der Waals surface area contributed by atoms with Gasteiger partial charge in [0.15, 0.2) is 0 Å².